The number of nitrogens with zero attached hydrogens (tertiary/aromatic N) is 1. The van der Waals surface area contributed by atoms with Gasteiger partial charge in [0.2, 0.25) is 0 Å². The van der Waals surface area contributed by atoms with Crippen LogP contribution in [0.1, 0.15) is 57.8 Å². The molecular formula is C33H29N3O6S. The van der Waals surface area contributed by atoms with Gasteiger partial charge in [0.1, 0.15) is 12.0 Å². The molecule has 9 nitrogen and oxygen atoms in total. The van der Waals surface area contributed by atoms with Crippen molar-refractivity contribution in [2.45, 2.75) is 37.5 Å². The Labute approximate surface area is 248 Å². The van der Waals surface area contributed by atoms with E-state index in [1.165, 1.54) is 6.26 Å². The molecule has 3 aromatic rings. The average Bonchev–Trinajstić information content (AvgIpc) is 3.36. The first-order chi connectivity index (χ1) is 20.8. The van der Waals surface area contributed by atoms with Gasteiger partial charge in [0.15, 0.2) is 11.6 Å². The van der Waals surface area contributed by atoms with E-state index in [9.17, 15) is 18.0 Å². The Hall–Kier alpha value is -4.54. The van der Waals surface area contributed by atoms with Crippen LogP contribution >= 0.6 is 0 Å². The number of aromatic amines is 2. The second kappa shape index (κ2) is 10.6. The van der Waals surface area contributed by atoms with E-state index in [4.69, 9.17) is 13.6 Å². The Morgan fingerprint density at radius 2 is 1.88 bits per heavy atom. The van der Waals surface area contributed by atoms with Gasteiger partial charge in [0.25, 0.3) is 10.1 Å². The molecule has 2 aromatic heterocycles. The summed E-state index contributed by atoms with van der Waals surface area (Å²) in [6, 6.07) is 8.29. The topological polar surface area (TPSA) is 135 Å². The van der Waals surface area contributed by atoms with E-state index in [0.717, 1.165) is 39.1 Å². The van der Waals surface area contributed by atoms with Gasteiger partial charge in [-0.3, -0.25) is 18.8 Å². The fraction of sp³-hybridized carbons (Fsp3) is 0.242. The molecule has 0 saturated heterocycles. The lowest BCUT2D eigenvalue weighted by molar-refractivity contribution is -0.113. The number of fused-ring (bicyclic) bond motifs is 4. The standard InChI is InChI=1S/C33H29N3O6S/c1-19-2-6-24(7-3-19)43(39,40)42-18-21-5-4-20-12-26-28-17-34-16-22(28)13-25(20)32(21)35-9-8-23-14-27-29(37)15-30(38)31(26)33(27)36-10-11-41-23/h2-3,6-7,10-14,16-17,21,34,36H,4-5,8-9,15,18H2,1H3/b11-10?,23-14?,31-26+,35-32-/t21-/m1/s1. The largest absolute Gasteiger partial charge is 0.468 e. The van der Waals surface area contributed by atoms with Gasteiger partial charge in [0, 0.05) is 59.9 Å². The number of carbonyl (C=O) groups excluding carboxylic acids is 2. The third-order valence-corrected chi connectivity index (χ3v) is 9.64. The van der Waals surface area contributed by atoms with Crippen LogP contribution in [0.4, 0.5) is 0 Å². The maximum atomic E-state index is 13.6. The maximum Gasteiger partial charge on any atom is 0.296 e. The van der Waals surface area contributed by atoms with Gasteiger partial charge in [-0.25, -0.2) is 0 Å². The fourth-order valence-electron chi connectivity index (χ4n) is 6.15. The summed E-state index contributed by atoms with van der Waals surface area (Å²) >= 11 is 0. The molecule has 8 bridgehead atoms. The van der Waals surface area contributed by atoms with Gasteiger partial charge >= 0.3 is 0 Å². The highest BCUT2D eigenvalue weighted by Crippen LogP contribution is 2.43. The Morgan fingerprint density at radius 3 is 2.72 bits per heavy atom. The number of H-pyrrole nitrogens is 2. The zero-order valence-corrected chi connectivity index (χ0v) is 24.3. The Morgan fingerprint density at radius 1 is 1.05 bits per heavy atom. The van der Waals surface area contributed by atoms with Crippen LogP contribution in [0.5, 0.6) is 0 Å². The van der Waals surface area contributed by atoms with Crippen molar-refractivity contribution in [1.82, 2.24) is 9.97 Å². The third-order valence-electron chi connectivity index (χ3n) is 8.34. The predicted molar refractivity (Wildman–Crippen MR) is 161 cm³/mol. The minimum atomic E-state index is -3.97. The summed E-state index contributed by atoms with van der Waals surface area (Å²) in [7, 11) is -3.97. The first-order valence-corrected chi connectivity index (χ1v) is 15.6. The Bertz CT molecular complexity index is 1960. The number of hydrogen-bond donors (Lipinski definition) is 2. The van der Waals surface area contributed by atoms with Gasteiger partial charge in [0.05, 0.1) is 29.2 Å². The second-order valence-electron chi connectivity index (χ2n) is 11.1. The highest BCUT2D eigenvalue weighted by Gasteiger charge is 2.35. The van der Waals surface area contributed by atoms with E-state index < -0.39 is 10.1 Å². The minimum Gasteiger partial charge on any atom is -0.468 e. The summed E-state index contributed by atoms with van der Waals surface area (Å²) in [5.41, 5.74) is 7.33. The summed E-state index contributed by atoms with van der Waals surface area (Å²) < 4.78 is 37.6. The van der Waals surface area contributed by atoms with Crippen molar-refractivity contribution < 1.29 is 26.6 Å². The molecule has 3 heterocycles. The van der Waals surface area contributed by atoms with Crippen molar-refractivity contribution in [2.75, 3.05) is 13.2 Å². The zero-order chi connectivity index (χ0) is 29.7. The van der Waals surface area contributed by atoms with E-state index in [-0.39, 0.29) is 35.4 Å². The molecule has 1 saturated carbocycles. The summed E-state index contributed by atoms with van der Waals surface area (Å²) in [5.74, 6) is -0.263. The summed E-state index contributed by atoms with van der Waals surface area (Å²) in [5, 5.41) is 0. The normalized spacial score (nSPS) is 22.3. The van der Waals surface area contributed by atoms with Crippen LogP contribution in [0, 0.1) is 12.8 Å². The fourth-order valence-corrected chi connectivity index (χ4v) is 7.10. The number of hydrogen-bond acceptors (Lipinski definition) is 7. The number of nitrogens with one attached hydrogen (secondary N) is 2. The van der Waals surface area contributed by atoms with Crippen molar-refractivity contribution >= 4 is 44.6 Å². The molecule has 1 fully saturated rings. The van der Waals surface area contributed by atoms with Crippen LogP contribution in [0.2, 0.25) is 0 Å². The lowest BCUT2D eigenvalue weighted by Crippen LogP contribution is -2.29. The lowest BCUT2D eigenvalue weighted by Gasteiger charge is -2.28. The SMILES string of the molecule is Cc1ccc(S(=O)(=O)OC[C@H]2CCC3=C/C4=C5/C(=O)CC(=O)c6cc(occ[nH]c65)CC/N=C/2C3=Cc2c[nH]cc24)cc1. The van der Waals surface area contributed by atoms with E-state index in [2.05, 4.69) is 9.97 Å². The van der Waals surface area contributed by atoms with Crippen LogP contribution in [-0.4, -0.2) is 48.8 Å². The number of Topliss-reactive ketones (excluding diaryl/α,β-unsaturated/α-hetero) is 2. The summed E-state index contributed by atoms with van der Waals surface area (Å²) in [6.45, 7) is 2.19. The van der Waals surface area contributed by atoms with E-state index in [1.807, 2.05) is 31.5 Å². The maximum absolute atomic E-state index is 13.6. The van der Waals surface area contributed by atoms with Gasteiger partial charge in [-0.1, -0.05) is 17.7 Å². The number of aliphatic imine (C=N–C) groups is 1. The molecule has 0 unspecified atom stereocenters. The number of ketones is 2. The predicted octanol–water partition coefficient (Wildman–Crippen LogP) is 5.57. The first kappa shape index (κ1) is 27.3. The second-order valence-corrected chi connectivity index (χ2v) is 12.7. The zero-order valence-electron chi connectivity index (χ0n) is 23.5. The van der Waals surface area contributed by atoms with E-state index >= 15 is 0 Å². The van der Waals surface area contributed by atoms with Crippen molar-refractivity contribution in [3.8, 4) is 0 Å². The number of benzene rings is 1. The number of rotatable bonds is 4. The van der Waals surface area contributed by atoms with Crippen LogP contribution in [-0.2, 0) is 25.5 Å². The van der Waals surface area contributed by atoms with Crippen LogP contribution < -0.4 is 0 Å². The molecule has 10 heteroatoms. The molecule has 218 valence electrons. The van der Waals surface area contributed by atoms with Crippen molar-refractivity contribution in [3.63, 3.8) is 0 Å². The minimum absolute atomic E-state index is 0.0533. The molecular weight excluding hydrogens is 566 g/mol. The molecule has 7 rings (SSSR count). The van der Waals surface area contributed by atoms with Crippen molar-refractivity contribution in [3.05, 3.63) is 106 Å². The monoisotopic (exact) mass is 595 g/mol. The number of allylic oxidation sites excluding steroid dienone is 5. The first-order valence-electron chi connectivity index (χ1n) is 14.2. The quantitative estimate of drug-likeness (QED) is 0.299. The van der Waals surface area contributed by atoms with Crippen LogP contribution in [0.25, 0.3) is 17.2 Å². The molecule has 1 aliphatic heterocycles. The smallest absolute Gasteiger partial charge is 0.296 e. The number of aryl methyl sites for hydroxylation is 1. The molecule has 0 radical (unpaired) electrons. The van der Waals surface area contributed by atoms with Gasteiger partial charge in [-0.2, -0.15) is 8.42 Å². The summed E-state index contributed by atoms with van der Waals surface area (Å²) in [4.78, 5) is 38.2. The van der Waals surface area contributed by atoms with E-state index in [0.29, 0.717) is 48.4 Å². The molecule has 0 spiro atoms. The molecule has 0 amide bonds. The number of carbonyl (C=O) groups is 2. The van der Waals surface area contributed by atoms with E-state index in [1.54, 1.807) is 36.5 Å². The van der Waals surface area contributed by atoms with Gasteiger partial charge in [-0.05, 0) is 66.8 Å². The molecule has 4 aliphatic rings. The molecule has 3 aliphatic carbocycles. The third kappa shape index (κ3) is 4.96. The van der Waals surface area contributed by atoms with Crippen LogP contribution in [0.15, 0.2) is 86.7 Å². The van der Waals surface area contributed by atoms with Crippen LogP contribution in [0.3, 0.4) is 0 Å². The lowest BCUT2D eigenvalue weighted by atomic mass is 9.79. The van der Waals surface area contributed by atoms with Crippen molar-refractivity contribution in [2.24, 2.45) is 10.9 Å². The molecule has 43 heavy (non-hydrogen) atoms. The Kier molecular flexibility index (Phi) is 6.75. The highest BCUT2D eigenvalue weighted by molar-refractivity contribution is 7.86. The van der Waals surface area contributed by atoms with Gasteiger partial charge in [-0.15, -0.1) is 0 Å². The summed E-state index contributed by atoms with van der Waals surface area (Å²) in [6.07, 6.45) is 12.3. The van der Waals surface area contributed by atoms with Gasteiger partial charge < -0.3 is 14.4 Å². The van der Waals surface area contributed by atoms with Crippen molar-refractivity contribution in [1.29, 1.82) is 0 Å². The molecule has 1 atom stereocenters. The highest BCUT2D eigenvalue weighted by atomic mass is 32.2. The molecule has 2 N–H and O–H groups in total. The number of aromatic nitrogens is 2. The average molecular weight is 596 g/mol. The Balaban J connectivity index is 1.38. The molecule has 1 aromatic carbocycles.